The summed E-state index contributed by atoms with van der Waals surface area (Å²) in [6.45, 7) is 4.90. The third-order valence-corrected chi connectivity index (χ3v) is 5.01. The van der Waals surface area contributed by atoms with Gasteiger partial charge >= 0.3 is 0 Å². The fourth-order valence-corrected chi connectivity index (χ4v) is 3.77. The summed E-state index contributed by atoms with van der Waals surface area (Å²) in [5.41, 5.74) is 5.04. The number of hydrazone groups is 1. The molecule has 1 aromatic carbocycles. The summed E-state index contributed by atoms with van der Waals surface area (Å²) in [4.78, 5) is 6.99. The van der Waals surface area contributed by atoms with Crippen LogP contribution in [0.2, 0.25) is 0 Å². The SMILES string of the molecule is CCCOc1cccc(/C=N\Nc2nc(-c3cccs3)c(C)s2)c1. The van der Waals surface area contributed by atoms with Crippen molar-refractivity contribution >= 4 is 34.0 Å². The number of aryl methyl sites for hydroxylation is 1. The molecule has 24 heavy (non-hydrogen) atoms. The van der Waals surface area contributed by atoms with Crippen molar-refractivity contribution in [2.45, 2.75) is 20.3 Å². The van der Waals surface area contributed by atoms with E-state index in [2.05, 4.69) is 40.8 Å². The van der Waals surface area contributed by atoms with Gasteiger partial charge in [0.2, 0.25) is 5.13 Å². The Bertz CT molecular complexity index is 810. The molecule has 0 saturated carbocycles. The van der Waals surface area contributed by atoms with Crippen LogP contribution < -0.4 is 10.2 Å². The van der Waals surface area contributed by atoms with Gasteiger partial charge in [-0.05, 0) is 42.5 Å². The van der Waals surface area contributed by atoms with Crippen molar-refractivity contribution < 1.29 is 4.74 Å². The number of nitrogens with zero attached hydrogens (tertiary/aromatic N) is 2. The Balaban J connectivity index is 1.65. The minimum absolute atomic E-state index is 0.725. The van der Waals surface area contributed by atoms with Gasteiger partial charge in [-0.1, -0.05) is 25.1 Å². The van der Waals surface area contributed by atoms with Crippen LogP contribution in [-0.4, -0.2) is 17.8 Å². The summed E-state index contributed by atoms with van der Waals surface area (Å²) in [5.74, 6) is 0.867. The van der Waals surface area contributed by atoms with Gasteiger partial charge in [0.15, 0.2) is 0 Å². The molecular formula is C18H19N3OS2. The van der Waals surface area contributed by atoms with Gasteiger partial charge in [0, 0.05) is 4.88 Å². The molecule has 0 aliphatic heterocycles. The van der Waals surface area contributed by atoms with Gasteiger partial charge in [0.25, 0.3) is 0 Å². The Labute approximate surface area is 149 Å². The molecule has 3 rings (SSSR count). The van der Waals surface area contributed by atoms with E-state index in [4.69, 9.17) is 4.74 Å². The van der Waals surface area contributed by atoms with Gasteiger partial charge in [0.1, 0.15) is 5.75 Å². The highest BCUT2D eigenvalue weighted by molar-refractivity contribution is 7.17. The highest BCUT2D eigenvalue weighted by atomic mass is 32.1. The second-order valence-electron chi connectivity index (χ2n) is 5.19. The van der Waals surface area contributed by atoms with E-state index >= 15 is 0 Å². The van der Waals surface area contributed by atoms with E-state index in [9.17, 15) is 0 Å². The van der Waals surface area contributed by atoms with Crippen molar-refractivity contribution in [3.63, 3.8) is 0 Å². The molecule has 1 N–H and O–H groups in total. The van der Waals surface area contributed by atoms with Crippen LogP contribution in [0.3, 0.4) is 0 Å². The summed E-state index contributed by atoms with van der Waals surface area (Å²) in [7, 11) is 0. The van der Waals surface area contributed by atoms with Gasteiger partial charge in [-0.2, -0.15) is 5.10 Å². The number of anilines is 1. The minimum atomic E-state index is 0.725. The summed E-state index contributed by atoms with van der Waals surface area (Å²) in [5, 5.41) is 7.15. The van der Waals surface area contributed by atoms with Gasteiger partial charge in [-0.3, -0.25) is 5.43 Å². The summed E-state index contributed by atoms with van der Waals surface area (Å²) < 4.78 is 5.63. The average Bonchev–Trinajstić information content (AvgIpc) is 3.23. The third-order valence-electron chi connectivity index (χ3n) is 3.26. The van der Waals surface area contributed by atoms with Gasteiger partial charge in [0.05, 0.1) is 23.4 Å². The minimum Gasteiger partial charge on any atom is -0.494 e. The molecule has 0 amide bonds. The second-order valence-corrected chi connectivity index (χ2v) is 7.34. The molecule has 124 valence electrons. The maximum absolute atomic E-state index is 5.63. The summed E-state index contributed by atoms with van der Waals surface area (Å²) >= 11 is 3.30. The van der Waals surface area contributed by atoms with Crippen LogP contribution in [-0.2, 0) is 0 Å². The Hall–Kier alpha value is -2.18. The molecule has 0 saturated heterocycles. The maximum atomic E-state index is 5.63. The largest absolute Gasteiger partial charge is 0.494 e. The summed E-state index contributed by atoms with van der Waals surface area (Å²) in [6.07, 6.45) is 2.77. The second kappa shape index (κ2) is 8.08. The lowest BCUT2D eigenvalue weighted by Crippen LogP contribution is -1.96. The topological polar surface area (TPSA) is 46.5 Å². The lowest BCUT2D eigenvalue weighted by molar-refractivity contribution is 0.317. The van der Waals surface area contributed by atoms with Crippen LogP contribution in [0, 0.1) is 6.92 Å². The molecule has 0 aliphatic rings. The van der Waals surface area contributed by atoms with Crippen molar-refractivity contribution in [2.24, 2.45) is 5.10 Å². The number of nitrogens with one attached hydrogen (secondary N) is 1. The zero-order valence-corrected chi connectivity index (χ0v) is 15.3. The molecule has 3 aromatic rings. The number of hydrogen-bond acceptors (Lipinski definition) is 6. The molecule has 2 aromatic heterocycles. The van der Waals surface area contributed by atoms with E-state index in [1.807, 2.05) is 30.3 Å². The smallest absolute Gasteiger partial charge is 0.204 e. The van der Waals surface area contributed by atoms with E-state index < -0.39 is 0 Å². The highest BCUT2D eigenvalue weighted by Crippen LogP contribution is 2.32. The fourth-order valence-electron chi connectivity index (χ4n) is 2.15. The van der Waals surface area contributed by atoms with Gasteiger partial charge in [-0.25, -0.2) is 4.98 Å². The zero-order chi connectivity index (χ0) is 16.8. The molecular weight excluding hydrogens is 338 g/mol. The Morgan fingerprint density at radius 3 is 3.00 bits per heavy atom. The first kappa shape index (κ1) is 16.7. The predicted molar refractivity (Wildman–Crippen MR) is 104 cm³/mol. The number of rotatable bonds is 7. The molecule has 2 heterocycles. The van der Waals surface area contributed by atoms with Crippen LogP contribution in [0.25, 0.3) is 10.6 Å². The fraction of sp³-hybridized carbons (Fsp3) is 0.222. The first-order valence-electron chi connectivity index (χ1n) is 7.79. The van der Waals surface area contributed by atoms with Crippen molar-refractivity contribution in [1.29, 1.82) is 0 Å². The average molecular weight is 358 g/mol. The number of thiazole rings is 1. The molecule has 0 fully saturated rings. The molecule has 0 aliphatic carbocycles. The van der Waals surface area contributed by atoms with E-state index in [1.165, 1.54) is 9.75 Å². The monoisotopic (exact) mass is 357 g/mol. The van der Waals surface area contributed by atoms with E-state index in [-0.39, 0.29) is 0 Å². The number of benzene rings is 1. The quantitative estimate of drug-likeness (QED) is 0.454. The van der Waals surface area contributed by atoms with E-state index in [0.29, 0.717) is 0 Å². The molecule has 4 nitrogen and oxygen atoms in total. The molecule has 6 heteroatoms. The van der Waals surface area contributed by atoms with Crippen molar-refractivity contribution in [1.82, 2.24) is 4.98 Å². The highest BCUT2D eigenvalue weighted by Gasteiger charge is 2.09. The predicted octanol–water partition coefficient (Wildman–Crippen LogP) is 5.41. The third kappa shape index (κ3) is 4.21. The van der Waals surface area contributed by atoms with Crippen LogP contribution >= 0.6 is 22.7 Å². The van der Waals surface area contributed by atoms with E-state index in [0.717, 1.165) is 35.2 Å². The first-order valence-corrected chi connectivity index (χ1v) is 9.49. The normalized spacial score (nSPS) is 11.1. The first-order chi connectivity index (χ1) is 11.8. The number of ether oxygens (including phenoxy) is 1. The number of thiophene rings is 1. The number of hydrogen-bond donors (Lipinski definition) is 1. The van der Waals surface area contributed by atoms with Crippen LogP contribution in [0.5, 0.6) is 5.75 Å². The van der Waals surface area contributed by atoms with Crippen molar-refractivity contribution in [3.05, 3.63) is 52.2 Å². The van der Waals surface area contributed by atoms with Gasteiger partial charge in [-0.15, -0.1) is 22.7 Å². The number of aromatic nitrogens is 1. The standard InChI is InChI=1S/C18H19N3OS2/c1-3-9-22-15-7-4-6-14(11-15)12-19-21-18-20-17(13(2)24-18)16-8-5-10-23-16/h4-8,10-12H,3,9H2,1-2H3,(H,20,21)/b19-12-. The lowest BCUT2D eigenvalue weighted by atomic mass is 10.2. The zero-order valence-electron chi connectivity index (χ0n) is 13.7. The lowest BCUT2D eigenvalue weighted by Gasteiger charge is -2.04. The molecule has 0 atom stereocenters. The summed E-state index contributed by atoms with van der Waals surface area (Å²) in [6, 6.07) is 12.0. The maximum Gasteiger partial charge on any atom is 0.204 e. The van der Waals surface area contributed by atoms with Crippen LogP contribution in [0.1, 0.15) is 23.8 Å². The van der Waals surface area contributed by atoms with Crippen LogP contribution in [0.15, 0.2) is 46.9 Å². The van der Waals surface area contributed by atoms with Crippen molar-refractivity contribution in [3.8, 4) is 16.3 Å². The Morgan fingerprint density at radius 1 is 1.29 bits per heavy atom. The van der Waals surface area contributed by atoms with Crippen molar-refractivity contribution in [2.75, 3.05) is 12.0 Å². The molecule has 0 bridgehead atoms. The molecule has 0 spiro atoms. The Kier molecular flexibility index (Phi) is 5.61. The molecule has 0 unspecified atom stereocenters. The Morgan fingerprint density at radius 2 is 2.21 bits per heavy atom. The van der Waals surface area contributed by atoms with Crippen LogP contribution in [0.4, 0.5) is 5.13 Å². The van der Waals surface area contributed by atoms with Gasteiger partial charge < -0.3 is 4.74 Å². The van der Waals surface area contributed by atoms with E-state index in [1.54, 1.807) is 28.9 Å². The molecule has 0 radical (unpaired) electrons.